The summed E-state index contributed by atoms with van der Waals surface area (Å²) in [5, 5.41) is 3.75. The highest BCUT2D eigenvalue weighted by Crippen LogP contribution is 2.36. The molecule has 1 atom stereocenters. The molecule has 100 valence electrons. The summed E-state index contributed by atoms with van der Waals surface area (Å²) in [6.45, 7) is 8.90. The summed E-state index contributed by atoms with van der Waals surface area (Å²) in [6.07, 6.45) is 4.90. The van der Waals surface area contributed by atoms with Crippen LogP contribution in [0.4, 0.5) is 0 Å². The van der Waals surface area contributed by atoms with Gasteiger partial charge in [-0.25, -0.2) is 0 Å². The fourth-order valence-corrected chi connectivity index (χ4v) is 3.55. The first kappa shape index (κ1) is 13.3. The second-order valence-electron chi connectivity index (χ2n) is 5.72. The van der Waals surface area contributed by atoms with E-state index in [4.69, 9.17) is 4.74 Å². The zero-order chi connectivity index (χ0) is 12.3. The lowest BCUT2D eigenvalue weighted by Gasteiger charge is -2.51. The molecule has 1 spiro atoms. The Morgan fingerprint density at radius 3 is 2.53 bits per heavy atom. The summed E-state index contributed by atoms with van der Waals surface area (Å²) in [7, 11) is 2.22. The van der Waals surface area contributed by atoms with Gasteiger partial charge in [0.25, 0.3) is 0 Å². The summed E-state index contributed by atoms with van der Waals surface area (Å²) >= 11 is 0. The van der Waals surface area contributed by atoms with Gasteiger partial charge in [-0.3, -0.25) is 0 Å². The van der Waals surface area contributed by atoms with E-state index in [0.29, 0.717) is 6.04 Å². The Morgan fingerprint density at radius 1 is 1.29 bits per heavy atom. The summed E-state index contributed by atoms with van der Waals surface area (Å²) in [4.78, 5) is 2.42. The molecule has 0 aliphatic carbocycles. The molecule has 1 unspecified atom stereocenters. The first-order chi connectivity index (χ1) is 8.22. The van der Waals surface area contributed by atoms with Crippen LogP contribution in [0.3, 0.4) is 0 Å². The minimum atomic E-state index is 0.126. The Balaban J connectivity index is 2.10. The normalized spacial score (nSPS) is 30.0. The first-order valence-corrected chi connectivity index (χ1v) is 7.27. The zero-order valence-corrected chi connectivity index (χ0v) is 11.7. The average Bonchev–Trinajstić information content (AvgIpc) is 2.37. The van der Waals surface area contributed by atoms with E-state index in [2.05, 4.69) is 31.1 Å². The SMILES string of the molecule is CCC(CC)C1NCCOC12CCN(C)CC2. The van der Waals surface area contributed by atoms with Crippen LogP contribution in [0, 0.1) is 5.92 Å². The third kappa shape index (κ3) is 2.67. The highest BCUT2D eigenvalue weighted by Gasteiger charge is 2.46. The molecule has 2 saturated heterocycles. The summed E-state index contributed by atoms with van der Waals surface area (Å²) in [6, 6.07) is 0.569. The molecule has 0 aromatic heterocycles. The maximum Gasteiger partial charge on any atom is 0.0862 e. The molecule has 0 aromatic carbocycles. The topological polar surface area (TPSA) is 24.5 Å². The lowest BCUT2D eigenvalue weighted by molar-refractivity contribution is -0.138. The lowest BCUT2D eigenvalue weighted by Crippen LogP contribution is -2.64. The number of ether oxygens (including phenoxy) is 1. The molecule has 0 aromatic rings. The van der Waals surface area contributed by atoms with E-state index in [0.717, 1.165) is 19.1 Å². The minimum Gasteiger partial charge on any atom is -0.372 e. The van der Waals surface area contributed by atoms with Crippen LogP contribution >= 0.6 is 0 Å². The van der Waals surface area contributed by atoms with Crippen LogP contribution in [-0.2, 0) is 4.74 Å². The fraction of sp³-hybridized carbons (Fsp3) is 1.00. The molecule has 0 bridgehead atoms. The molecule has 3 nitrogen and oxygen atoms in total. The Kier molecular flexibility index (Phi) is 4.45. The van der Waals surface area contributed by atoms with Crippen molar-refractivity contribution in [2.45, 2.75) is 51.2 Å². The van der Waals surface area contributed by atoms with E-state index < -0.39 is 0 Å². The van der Waals surface area contributed by atoms with Gasteiger partial charge in [0, 0.05) is 25.7 Å². The zero-order valence-electron chi connectivity index (χ0n) is 11.7. The number of nitrogens with one attached hydrogen (secondary N) is 1. The minimum absolute atomic E-state index is 0.126. The van der Waals surface area contributed by atoms with Gasteiger partial charge in [-0.1, -0.05) is 26.7 Å². The van der Waals surface area contributed by atoms with Crippen molar-refractivity contribution in [3.63, 3.8) is 0 Å². The average molecular weight is 240 g/mol. The van der Waals surface area contributed by atoms with Gasteiger partial charge in [0.05, 0.1) is 12.2 Å². The van der Waals surface area contributed by atoms with Gasteiger partial charge in [0.2, 0.25) is 0 Å². The number of rotatable bonds is 3. The van der Waals surface area contributed by atoms with Gasteiger partial charge < -0.3 is 15.0 Å². The molecule has 2 aliphatic heterocycles. The van der Waals surface area contributed by atoms with E-state index in [1.807, 2.05) is 0 Å². The molecule has 0 radical (unpaired) electrons. The lowest BCUT2D eigenvalue weighted by atomic mass is 9.75. The molecule has 1 N–H and O–H groups in total. The van der Waals surface area contributed by atoms with Gasteiger partial charge in [0.15, 0.2) is 0 Å². The monoisotopic (exact) mass is 240 g/mol. The number of hydrogen-bond donors (Lipinski definition) is 1. The highest BCUT2D eigenvalue weighted by molar-refractivity contribution is 5.01. The summed E-state index contributed by atoms with van der Waals surface area (Å²) < 4.78 is 6.26. The summed E-state index contributed by atoms with van der Waals surface area (Å²) in [5.74, 6) is 0.763. The van der Waals surface area contributed by atoms with Gasteiger partial charge in [0.1, 0.15) is 0 Å². The molecule has 2 rings (SSSR count). The van der Waals surface area contributed by atoms with Crippen LogP contribution in [-0.4, -0.2) is 49.8 Å². The Morgan fingerprint density at radius 2 is 1.94 bits per heavy atom. The second-order valence-corrected chi connectivity index (χ2v) is 5.72. The smallest absolute Gasteiger partial charge is 0.0862 e. The van der Waals surface area contributed by atoms with E-state index in [-0.39, 0.29) is 5.60 Å². The van der Waals surface area contributed by atoms with E-state index in [1.165, 1.54) is 38.8 Å². The third-order valence-electron chi connectivity index (χ3n) is 4.78. The van der Waals surface area contributed by atoms with Gasteiger partial charge in [-0.2, -0.15) is 0 Å². The van der Waals surface area contributed by atoms with Crippen molar-refractivity contribution in [2.24, 2.45) is 5.92 Å². The molecule has 3 heteroatoms. The molecule has 0 saturated carbocycles. The summed E-state index contributed by atoms with van der Waals surface area (Å²) in [5.41, 5.74) is 0.126. The second kappa shape index (κ2) is 5.68. The largest absolute Gasteiger partial charge is 0.372 e. The molecular weight excluding hydrogens is 212 g/mol. The van der Waals surface area contributed by atoms with Crippen molar-refractivity contribution in [2.75, 3.05) is 33.3 Å². The van der Waals surface area contributed by atoms with Gasteiger partial charge >= 0.3 is 0 Å². The van der Waals surface area contributed by atoms with Crippen LogP contribution in [0.15, 0.2) is 0 Å². The predicted molar refractivity (Wildman–Crippen MR) is 71.3 cm³/mol. The quantitative estimate of drug-likeness (QED) is 0.815. The van der Waals surface area contributed by atoms with Crippen molar-refractivity contribution in [1.29, 1.82) is 0 Å². The van der Waals surface area contributed by atoms with Crippen molar-refractivity contribution in [1.82, 2.24) is 10.2 Å². The van der Waals surface area contributed by atoms with Crippen LogP contribution < -0.4 is 5.32 Å². The molecule has 2 heterocycles. The van der Waals surface area contributed by atoms with E-state index in [9.17, 15) is 0 Å². The number of likely N-dealkylation sites (tertiary alicyclic amines) is 1. The van der Waals surface area contributed by atoms with Crippen molar-refractivity contribution < 1.29 is 4.74 Å². The number of morpholine rings is 1. The molecule has 2 aliphatic rings. The Bertz CT molecular complexity index is 232. The number of piperidine rings is 1. The molecule has 2 fully saturated rings. The number of hydrogen-bond acceptors (Lipinski definition) is 3. The standard InChI is InChI=1S/C14H28N2O/c1-4-12(5-2)13-14(17-11-8-15-13)6-9-16(3)10-7-14/h12-13,15H,4-11H2,1-3H3. The highest BCUT2D eigenvalue weighted by atomic mass is 16.5. The Hall–Kier alpha value is -0.120. The fourth-order valence-electron chi connectivity index (χ4n) is 3.55. The van der Waals surface area contributed by atoms with Crippen LogP contribution in [0.5, 0.6) is 0 Å². The number of nitrogens with zero attached hydrogens (tertiary/aromatic N) is 1. The predicted octanol–water partition coefficient (Wildman–Crippen LogP) is 1.88. The van der Waals surface area contributed by atoms with Crippen molar-refractivity contribution >= 4 is 0 Å². The van der Waals surface area contributed by atoms with E-state index >= 15 is 0 Å². The molecule has 0 amide bonds. The van der Waals surface area contributed by atoms with Crippen LogP contribution in [0.25, 0.3) is 0 Å². The third-order valence-corrected chi connectivity index (χ3v) is 4.78. The van der Waals surface area contributed by atoms with Gasteiger partial charge in [-0.15, -0.1) is 0 Å². The molecular formula is C14H28N2O. The van der Waals surface area contributed by atoms with Crippen molar-refractivity contribution in [3.8, 4) is 0 Å². The van der Waals surface area contributed by atoms with Crippen LogP contribution in [0.1, 0.15) is 39.5 Å². The maximum absolute atomic E-state index is 6.26. The van der Waals surface area contributed by atoms with Crippen molar-refractivity contribution in [3.05, 3.63) is 0 Å². The van der Waals surface area contributed by atoms with Crippen LogP contribution in [0.2, 0.25) is 0 Å². The molecule has 17 heavy (non-hydrogen) atoms. The first-order valence-electron chi connectivity index (χ1n) is 7.27. The van der Waals surface area contributed by atoms with E-state index in [1.54, 1.807) is 0 Å². The van der Waals surface area contributed by atoms with Gasteiger partial charge in [-0.05, 0) is 25.8 Å². The maximum atomic E-state index is 6.26. The Labute approximate surface area is 106 Å².